The Bertz CT molecular complexity index is 381. The first kappa shape index (κ1) is 11.9. The smallest absolute Gasteiger partial charge is 0.150 e. The molecule has 0 amide bonds. The molecule has 0 aromatic rings. The molecule has 0 aromatic carbocycles. The average Bonchev–Trinajstić information content (AvgIpc) is 2.63. The van der Waals surface area contributed by atoms with Crippen LogP contribution in [0.25, 0.3) is 0 Å². The van der Waals surface area contributed by atoms with E-state index >= 15 is 0 Å². The van der Waals surface area contributed by atoms with Gasteiger partial charge in [-0.2, -0.15) is 0 Å². The Morgan fingerprint density at radius 3 is 2.47 bits per heavy atom. The summed E-state index contributed by atoms with van der Waals surface area (Å²) in [6.07, 6.45) is 5.20. The Hall–Kier alpha value is -0.130. The molecule has 17 heavy (non-hydrogen) atoms. The van der Waals surface area contributed by atoms with Gasteiger partial charge in [-0.25, -0.2) is 8.42 Å². The standard InChI is InChI=1S/C12H22N2O2S/c13-10-7-9-1-2-11(14-9)12(10)8-3-5-17(15,16)6-4-8/h8-12,14H,1-7,13H2. The molecule has 3 aliphatic heterocycles. The first-order chi connectivity index (χ1) is 8.05. The number of piperidine rings is 1. The zero-order valence-electron chi connectivity index (χ0n) is 10.1. The van der Waals surface area contributed by atoms with Crippen molar-refractivity contribution < 1.29 is 8.42 Å². The minimum Gasteiger partial charge on any atom is -0.327 e. The van der Waals surface area contributed by atoms with Crippen LogP contribution >= 0.6 is 0 Å². The molecular weight excluding hydrogens is 236 g/mol. The normalized spacial score (nSPS) is 45.9. The molecule has 5 heteroatoms. The Labute approximate surface area is 103 Å². The Kier molecular flexibility index (Phi) is 2.96. The summed E-state index contributed by atoms with van der Waals surface area (Å²) in [4.78, 5) is 0. The highest BCUT2D eigenvalue weighted by Gasteiger charge is 2.44. The van der Waals surface area contributed by atoms with Crippen molar-refractivity contribution in [2.45, 2.75) is 50.2 Å². The van der Waals surface area contributed by atoms with Crippen LogP contribution in [0.15, 0.2) is 0 Å². The fourth-order valence-electron chi connectivity index (χ4n) is 4.09. The van der Waals surface area contributed by atoms with E-state index in [4.69, 9.17) is 5.73 Å². The second-order valence-corrected chi connectivity index (χ2v) is 8.32. The molecule has 3 aliphatic rings. The monoisotopic (exact) mass is 258 g/mol. The van der Waals surface area contributed by atoms with E-state index in [1.165, 1.54) is 12.8 Å². The summed E-state index contributed by atoms with van der Waals surface area (Å²) in [5.74, 6) is 1.77. The van der Waals surface area contributed by atoms with Crippen LogP contribution in [0.4, 0.5) is 0 Å². The lowest BCUT2D eigenvalue weighted by Crippen LogP contribution is -2.55. The number of rotatable bonds is 1. The molecular formula is C12H22N2O2S. The van der Waals surface area contributed by atoms with E-state index in [1.54, 1.807) is 0 Å². The van der Waals surface area contributed by atoms with Crippen molar-refractivity contribution in [2.75, 3.05) is 11.5 Å². The molecule has 4 atom stereocenters. The number of hydrogen-bond donors (Lipinski definition) is 2. The molecule has 3 fully saturated rings. The van der Waals surface area contributed by atoms with E-state index < -0.39 is 9.84 Å². The summed E-state index contributed by atoms with van der Waals surface area (Å²) in [6.45, 7) is 0. The maximum atomic E-state index is 11.5. The molecule has 2 bridgehead atoms. The first-order valence-electron chi connectivity index (χ1n) is 6.77. The molecule has 4 unspecified atom stereocenters. The third-order valence-electron chi connectivity index (χ3n) is 4.94. The van der Waals surface area contributed by atoms with Crippen LogP contribution in [0.5, 0.6) is 0 Å². The summed E-state index contributed by atoms with van der Waals surface area (Å²) >= 11 is 0. The fraction of sp³-hybridized carbons (Fsp3) is 1.00. The number of fused-ring (bicyclic) bond motifs is 2. The van der Waals surface area contributed by atoms with Crippen LogP contribution in [0, 0.1) is 11.8 Å². The van der Waals surface area contributed by atoms with Gasteiger partial charge >= 0.3 is 0 Å². The molecule has 0 radical (unpaired) electrons. The maximum Gasteiger partial charge on any atom is 0.150 e. The van der Waals surface area contributed by atoms with Crippen LogP contribution in [0.1, 0.15) is 32.1 Å². The van der Waals surface area contributed by atoms with E-state index in [2.05, 4.69) is 5.32 Å². The topological polar surface area (TPSA) is 72.2 Å². The third kappa shape index (κ3) is 2.25. The van der Waals surface area contributed by atoms with Gasteiger partial charge in [-0.3, -0.25) is 0 Å². The second kappa shape index (κ2) is 4.21. The lowest BCUT2D eigenvalue weighted by molar-refractivity contribution is 0.165. The van der Waals surface area contributed by atoms with Gasteiger partial charge in [-0.05, 0) is 43.9 Å². The minimum atomic E-state index is -2.75. The van der Waals surface area contributed by atoms with Crippen molar-refractivity contribution in [1.29, 1.82) is 0 Å². The van der Waals surface area contributed by atoms with E-state index in [0.29, 0.717) is 35.4 Å². The maximum absolute atomic E-state index is 11.5. The Morgan fingerprint density at radius 1 is 1.06 bits per heavy atom. The highest BCUT2D eigenvalue weighted by Crippen LogP contribution is 2.39. The second-order valence-electron chi connectivity index (χ2n) is 6.01. The first-order valence-corrected chi connectivity index (χ1v) is 8.59. The molecule has 3 rings (SSSR count). The summed E-state index contributed by atoms with van der Waals surface area (Å²) in [5, 5.41) is 3.66. The molecule has 3 saturated heterocycles. The predicted molar refractivity (Wildman–Crippen MR) is 67.4 cm³/mol. The predicted octanol–water partition coefficient (Wildman–Crippen LogP) is 0.279. The van der Waals surface area contributed by atoms with E-state index in [0.717, 1.165) is 19.3 Å². The van der Waals surface area contributed by atoms with Gasteiger partial charge in [0.1, 0.15) is 9.84 Å². The highest BCUT2D eigenvalue weighted by molar-refractivity contribution is 7.91. The molecule has 0 saturated carbocycles. The summed E-state index contributed by atoms with van der Waals surface area (Å²) in [6, 6.07) is 1.45. The third-order valence-corrected chi connectivity index (χ3v) is 6.65. The lowest BCUT2D eigenvalue weighted by Gasteiger charge is -2.41. The SMILES string of the molecule is NC1CC2CCC(N2)C1C1CCS(=O)(=O)CC1. The fourth-order valence-corrected chi connectivity index (χ4v) is 5.62. The molecule has 3 N–H and O–H groups in total. The Balaban J connectivity index is 1.71. The summed E-state index contributed by atoms with van der Waals surface area (Å²) in [5.41, 5.74) is 6.31. The van der Waals surface area contributed by atoms with Crippen LogP contribution in [0.2, 0.25) is 0 Å². The molecule has 3 heterocycles. The lowest BCUT2D eigenvalue weighted by atomic mass is 9.75. The number of nitrogens with two attached hydrogens (primary N) is 1. The van der Waals surface area contributed by atoms with Gasteiger partial charge in [0.25, 0.3) is 0 Å². The van der Waals surface area contributed by atoms with Gasteiger partial charge in [-0.1, -0.05) is 0 Å². The minimum absolute atomic E-state index is 0.277. The van der Waals surface area contributed by atoms with Crippen LogP contribution < -0.4 is 11.1 Å². The number of sulfone groups is 1. The molecule has 98 valence electrons. The van der Waals surface area contributed by atoms with Crippen LogP contribution in [0.3, 0.4) is 0 Å². The number of nitrogens with one attached hydrogen (secondary N) is 1. The quantitative estimate of drug-likeness (QED) is 0.708. The van der Waals surface area contributed by atoms with Gasteiger partial charge in [0.2, 0.25) is 0 Å². The van der Waals surface area contributed by atoms with Gasteiger partial charge in [-0.15, -0.1) is 0 Å². The molecule has 0 spiro atoms. The summed E-state index contributed by atoms with van der Waals surface area (Å²) in [7, 11) is -2.75. The summed E-state index contributed by atoms with van der Waals surface area (Å²) < 4.78 is 22.9. The zero-order valence-corrected chi connectivity index (χ0v) is 11.0. The molecule has 0 aromatic heterocycles. The zero-order chi connectivity index (χ0) is 12.0. The van der Waals surface area contributed by atoms with E-state index in [1.807, 2.05) is 0 Å². The van der Waals surface area contributed by atoms with Gasteiger partial charge < -0.3 is 11.1 Å². The largest absolute Gasteiger partial charge is 0.327 e. The van der Waals surface area contributed by atoms with Crippen molar-refractivity contribution in [3.8, 4) is 0 Å². The Morgan fingerprint density at radius 2 is 1.76 bits per heavy atom. The van der Waals surface area contributed by atoms with E-state index in [-0.39, 0.29) is 6.04 Å². The van der Waals surface area contributed by atoms with Crippen molar-refractivity contribution in [3.63, 3.8) is 0 Å². The molecule has 0 aliphatic carbocycles. The van der Waals surface area contributed by atoms with Crippen molar-refractivity contribution in [2.24, 2.45) is 17.6 Å². The van der Waals surface area contributed by atoms with Crippen LogP contribution in [-0.4, -0.2) is 38.0 Å². The van der Waals surface area contributed by atoms with Gasteiger partial charge in [0.05, 0.1) is 11.5 Å². The van der Waals surface area contributed by atoms with Crippen molar-refractivity contribution in [3.05, 3.63) is 0 Å². The highest BCUT2D eigenvalue weighted by atomic mass is 32.2. The average molecular weight is 258 g/mol. The van der Waals surface area contributed by atoms with E-state index in [9.17, 15) is 8.42 Å². The molecule has 4 nitrogen and oxygen atoms in total. The van der Waals surface area contributed by atoms with Gasteiger partial charge in [0.15, 0.2) is 0 Å². The van der Waals surface area contributed by atoms with Crippen LogP contribution in [-0.2, 0) is 9.84 Å². The van der Waals surface area contributed by atoms with Gasteiger partial charge in [0, 0.05) is 18.1 Å². The number of hydrogen-bond acceptors (Lipinski definition) is 4. The van der Waals surface area contributed by atoms with Crippen molar-refractivity contribution >= 4 is 9.84 Å². The van der Waals surface area contributed by atoms with Crippen molar-refractivity contribution in [1.82, 2.24) is 5.32 Å².